The fourth-order valence-corrected chi connectivity index (χ4v) is 4.34. The van der Waals surface area contributed by atoms with Crippen LogP contribution in [0.25, 0.3) is 0 Å². The van der Waals surface area contributed by atoms with Crippen molar-refractivity contribution in [3.8, 4) is 11.5 Å². The molecule has 0 saturated carbocycles. The number of nitrogens with one attached hydrogen (secondary N) is 2. The Bertz CT molecular complexity index is 1370. The Morgan fingerprint density at radius 2 is 1.39 bits per heavy atom. The quantitative estimate of drug-likeness (QED) is 0.364. The number of carbonyl (C=O) groups is 1. The maximum atomic E-state index is 12.9. The first kappa shape index (κ1) is 22.1. The molecule has 1 amide bonds. The van der Waals surface area contributed by atoms with E-state index in [0.29, 0.717) is 34.0 Å². The highest BCUT2D eigenvalue weighted by Gasteiger charge is 2.16. The molecule has 0 aliphatic rings. The molecule has 0 unspecified atom stereocenters. The third-order valence-electron chi connectivity index (χ3n) is 4.89. The molecule has 0 aliphatic heterocycles. The molecule has 4 aromatic rings. The van der Waals surface area contributed by atoms with Gasteiger partial charge in [0.2, 0.25) is 0 Å². The third-order valence-corrected chi connectivity index (χ3v) is 6.27. The van der Waals surface area contributed by atoms with Crippen LogP contribution in [0, 0.1) is 6.92 Å². The molecule has 6 nitrogen and oxygen atoms in total. The van der Waals surface area contributed by atoms with Gasteiger partial charge in [-0.3, -0.25) is 9.52 Å². The number of aryl methyl sites for hydroxylation is 1. The lowest BCUT2D eigenvalue weighted by atomic mass is 10.1. The predicted octanol–water partition coefficient (Wildman–Crippen LogP) is 5.84. The van der Waals surface area contributed by atoms with Crippen LogP contribution in [0.1, 0.15) is 15.9 Å². The van der Waals surface area contributed by atoms with E-state index in [1.165, 1.54) is 12.1 Å². The second-order valence-corrected chi connectivity index (χ2v) is 9.00. The summed E-state index contributed by atoms with van der Waals surface area (Å²) in [5.41, 5.74) is 1.95. The average Bonchev–Trinajstić information content (AvgIpc) is 2.83. The number of rotatable bonds is 7. The summed E-state index contributed by atoms with van der Waals surface area (Å²) in [6, 6.07) is 29.4. The Balaban J connectivity index is 1.51. The first-order chi connectivity index (χ1) is 15.9. The molecule has 4 rings (SSSR count). The Labute approximate surface area is 192 Å². The summed E-state index contributed by atoms with van der Waals surface area (Å²) in [5.74, 6) is 0.839. The molecule has 4 aromatic carbocycles. The zero-order valence-electron chi connectivity index (χ0n) is 17.9. The fraction of sp³-hybridized carbons (Fsp3) is 0.0385. The molecule has 166 valence electrons. The van der Waals surface area contributed by atoms with Gasteiger partial charge >= 0.3 is 0 Å². The number of sulfonamides is 1. The van der Waals surface area contributed by atoms with Gasteiger partial charge in [0.1, 0.15) is 5.75 Å². The maximum absolute atomic E-state index is 12.9. The predicted molar refractivity (Wildman–Crippen MR) is 129 cm³/mol. The third kappa shape index (κ3) is 5.39. The number of benzene rings is 4. The van der Waals surface area contributed by atoms with E-state index in [1.807, 2.05) is 36.4 Å². The normalized spacial score (nSPS) is 10.9. The van der Waals surface area contributed by atoms with Gasteiger partial charge in [-0.1, -0.05) is 48.5 Å². The van der Waals surface area contributed by atoms with Gasteiger partial charge in [0.05, 0.1) is 16.3 Å². The first-order valence-corrected chi connectivity index (χ1v) is 11.7. The van der Waals surface area contributed by atoms with Crippen molar-refractivity contribution in [3.63, 3.8) is 0 Å². The molecule has 0 saturated heterocycles. The second-order valence-electron chi connectivity index (χ2n) is 7.31. The standard InChI is InChI=1S/C26H22N2O4S/c1-19-18-20(16-17-23(19)28-33(30,31)22-12-6-3-7-13-22)26(29)27-24-14-8-9-15-25(24)32-21-10-4-2-5-11-21/h2-18,28H,1H3,(H,27,29). The van der Waals surface area contributed by atoms with E-state index in [4.69, 9.17) is 4.74 Å². The van der Waals surface area contributed by atoms with Crippen molar-refractivity contribution in [1.82, 2.24) is 0 Å². The summed E-state index contributed by atoms with van der Waals surface area (Å²) in [5, 5.41) is 2.87. The van der Waals surface area contributed by atoms with Crippen molar-refractivity contribution in [3.05, 3.63) is 114 Å². The smallest absolute Gasteiger partial charge is 0.261 e. The first-order valence-electron chi connectivity index (χ1n) is 10.2. The Hall–Kier alpha value is -4.10. The molecule has 0 aromatic heterocycles. The van der Waals surface area contributed by atoms with Crippen LogP contribution < -0.4 is 14.8 Å². The molecule has 0 spiro atoms. The summed E-state index contributed by atoms with van der Waals surface area (Å²) in [6.45, 7) is 1.74. The van der Waals surface area contributed by atoms with E-state index < -0.39 is 10.0 Å². The number of carbonyl (C=O) groups excluding carboxylic acids is 1. The lowest BCUT2D eigenvalue weighted by molar-refractivity contribution is 0.102. The summed E-state index contributed by atoms with van der Waals surface area (Å²) in [7, 11) is -3.72. The van der Waals surface area contributed by atoms with Crippen LogP contribution in [0.15, 0.2) is 108 Å². The largest absolute Gasteiger partial charge is 0.455 e. The number of amides is 1. The van der Waals surface area contributed by atoms with E-state index in [-0.39, 0.29) is 10.8 Å². The van der Waals surface area contributed by atoms with Gasteiger partial charge in [-0.2, -0.15) is 0 Å². The summed E-state index contributed by atoms with van der Waals surface area (Å²) in [6.07, 6.45) is 0. The van der Waals surface area contributed by atoms with E-state index in [0.717, 1.165) is 0 Å². The minimum absolute atomic E-state index is 0.168. The van der Waals surface area contributed by atoms with Crippen LogP contribution in [0.5, 0.6) is 11.5 Å². The second kappa shape index (κ2) is 9.58. The van der Waals surface area contributed by atoms with Gasteiger partial charge in [0.15, 0.2) is 5.75 Å². The van der Waals surface area contributed by atoms with Gasteiger partial charge < -0.3 is 10.1 Å². The molecule has 0 bridgehead atoms. The average molecular weight is 459 g/mol. The van der Waals surface area contributed by atoms with Crippen molar-refractivity contribution in [1.29, 1.82) is 0 Å². The minimum atomic E-state index is -3.72. The number of hydrogen-bond donors (Lipinski definition) is 2. The number of anilines is 2. The van der Waals surface area contributed by atoms with Crippen LogP contribution >= 0.6 is 0 Å². The highest BCUT2D eigenvalue weighted by Crippen LogP contribution is 2.30. The van der Waals surface area contributed by atoms with Crippen molar-refractivity contribution >= 4 is 27.3 Å². The van der Waals surface area contributed by atoms with E-state index >= 15 is 0 Å². The lowest BCUT2D eigenvalue weighted by Gasteiger charge is -2.14. The molecule has 0 heterocycles. The van der Waals surface area contributed by atoms with Crippen molar-refractivity contribution in [2.45, 2.75) is 11.8 Å². The zero-order valence-corrected chi connectivity index (χ0v) is 18.7. The monoisotopic (exact) mass is 458 g/mol. The topological polar surface area (TPSA) is 84.5 Å². The lowest BCUT2D eigenvalue weighted by Crippen LogP contribution is -2.15. The van der Waals surface area contributed by atoms with Gasteiger partial charge in [0.25, 0.3) is 15.9 Å². The summed E-state index contributed by atoms with van der Waals surface area (Å²) < 4.78 is 33.7. The summed E-state index contributed by atoms with van der Waals surface area (Å²) >= 11 is 0. The molecule has 0 fully saturated rings. The van der Waals surface area contributed by atoms with Crippen LogP contribution in [-0.4, -0.2) is 14.3 Å². The van der Waals surface area contributed by atoms with E-state index in [9.17, 15) is 13.2 Å². The molecular formula is C26H22N2O4S. The zero-order chi connectivity index (χ0) is 23.3. The molecule has 7 heteroatoms. The van der Waals surface area contributed by atoms with Crippen LogP contribution in [0.2, 0.25) is 0 Å². The number of ether oxygens (including phenoxy) is 1. The minimum Gasteiger partial charge on any atom is -0.455 e. The molecule has 0 atom stereocenters. The maximum Gasteiger partial charge on any atom is 0.261 e. The van der Waals surface area contributed by atoms with Crippen LogP contribution in [-0.2, 0) is 10.0 Å². The van der Waals surface area contributed by atoms with Crippen LogP contribution in [0.3, 0.4) is 0 Å². The number of hydrogen-bond acceptors (Lipinski definition) is 4. The molecule has 33 heavy (non-hydrogen) atoms. The van der Waals surface area contributed by atoms with Gasteiger partial charge in [-0.25, -0.2) is 8.42 Å². The molecule has 0 radical (unpaired) electrons. The SMILES string of the molecule is Cc1cc(C(=O)Nc2ccccc2Oc2ccccc2)ccc1NS(=O)(=O)c1ccccc1. The van der Waals surface area contributed by atoms with E-state index in [2.05, 4.69) is 10.0 Å². The highest BCUT2D eigenvalue weighted by molar-refractivity contribution is 7.92. The molecule has 2 N–H and O–H groups in total. The van der Waals surface area contributed by atoms with Gasteiger partial charge in [0, 0.05) is 5.56 Å². The van der Waals surface area contributed by atoms with Crippen molar-refractivity contribution in [2.24, 2.45) is 0 Å². The highest BCUT2D eigenvalue weighted by atomic mass is 32.2. The van der Waals surface area contributed by atoms with E-state index in [1.54, 1.807) is 61.5 Å². The van der Waals surface area contributed by atoms with Gasteiger partial charge in [-0.15, -0.1) is 0 Å². The molecular weight excluding hydrogens is 436 g/mol. The van der Waals surface area contributed by atoms with Gasteiger partial charge in [-0.05, 0) is 67.1 Å². The Kier molecular flexibility index (Phi) is 6.42. The Morgan fingerprint density at radius 1 is 0.758 bits per heavy atom. The number of para-hydroxylation sites is 3. The fourth-order valence-electron chi connectivity index (χ4n) is 3.19. The van der Waals surface area contributed by atoms with Crippen molar-refractivity contribution < 1.29 is 17.9 Å². The molecule has 0 aliphatic carbocycles. The summed E-state index contributed by atoms with van der Waals surface area (Å²) in [4.78, 5) is 13.1. The van der Waals surface area contributed by atoms with Crippen molar-refractivity contribution in [2.75, 3.05) is 10.0 Å². The Morgan fingerprint density at radius 3 is 2.09 bits per heavy atom. The van der Waals surface area contributed by atoms with Crippen LogP contribution in [0.4, 0.5) is 11.4 Å².